The Morgan fingerprint density at radius 3 is 2.09 bits per heavy atom. The molecular formula is C25H28N2O4S. The van der Waals surface area contributed by atoms with Crippen molar-refractivity contribution in [3.8, 4) is 5.75 Å². The van der Waals surface area contributed by atoms with E-state index >= 15 is 0 Å². The number of sulfonamides is 1. The minimum Gasteiger partial charge on any atom is -0.497 e. The molecule has 6 nitrogen and oxygen atoms in total. The summed E-state index contributed by atoms with van der Waals surface area (Å²) < 4.78 is 32.7. The first-order valence-electron chi connectivity index (χ1n) is 10.5. The summed E-state index contributed by atoms with van der Waals surface area (Å²) in [6.07, 6.45) is 1.50. The van der Waals surface area contributed by atoms with Crippen molar-refractivity contribution in [2.24, 2.45) is 0 Å². The third kappa shape index (κ3) is 7.21. The van der Waals surface area contributed by atoms with Gasteiger partial charge in [-0.3, -0.25) is 4.79 Å². The van der Waals surface area contributed by atoms with Gasteiger partial charge in [0.1, 0.15) is 5.75 Å². The standard InChI is InChI=1S/C25H28N2O4S/c1-31-23-12-7-22(8-13-23)19-26-25(28)16-11-21-9-14-24(15-10-21)32(29,30)27-18-17-20-5-3-2-4-6-20/h2-10,12-15,27H,11,16-19H2,1H3,(H,26,28). The molecule has 0 atom stereocenters. The van der Waals surface area contributed by atoms with Crippen LogP contribution in [0.15, 0.2) is 83.8 Å². The zero-order valence-electron chi connectivity index (χ0n) is 18.1. The summed E-state index contributed by atoms with van der Waals surface area (Å²) in [4.78, 5) is 12.4. The smallest absolute Gasteiger partial charge is 0.240 e. The molecule has 0 radical (unpaired) electrons. The highest BCUT2D eigenvalue weighted by molar-refractivity contribution is 7.89. The van der Waals surface area contributed by atoms with Gasteiger partial charge in [0.15, 0.2) is 0 Å². The average Bonchev–Trinajstić information content (AvgIpc) is 2.82. The van der Waals surface area contributed by atoms with Crippen LogP contribution in [0, 0.1) is 0 Å². The van der Waals surface area contributed by atoms with Gasteiger partial charge in [-0.2, -0.15) is 0 Å². The fraction of sp³-hybridized carbons (Fsp3) is 0.240. The van der Waals surface area contributed by atoms with Gasteiger partial charge in [0.05, 0.1) is 12.0 Å². The van der Waals surface area contributed by atoms with Crippen molar-refractivity contribution in [3.63, 3.8) is 0 Å². The van der Waals surface area contributed by atoms with Crippen LogP contribution in [0.25, 0.3) is 0 Å². The van der Waals surface area contributed by atoms with Gasteiger partial charge < -0.3 is 10.1 Å². The van der Waals surface area contributed by atoms with Crippen molar-refractivity contribution >= 4 is 15.9 Å². The predicted octanol–water partition coefficient (Wildman–Crippen LogP) is 3.47. The second-order valence-electron chi connectivity index (χ2n) is 7.40. The molecule has 0 fully saturated rings. The monoisotopic (exact) mass is 452 g/mol. The molecule has 0 saturated heterocycles. The second kappa shape index (κ2) is 11.5. The zero-order valence-corrected chi connectivity index (χ0v) is 18.9. The molecule has 0 spiro atoms. The van der Waals surface area contributed by atoms with E-state index in [2.05, 4.69) is 10.0 Å². The first-order valence-corrected chi connectivity index (χ1v) is 12.0. The maximum Gasteiger partial charge on any atom is 0.240 e. The number of hydrogen-bond donors (Lipinski definition) is 2. The number of benzene rings is 3. The van der Waals surface area contributed by atoms with Crippen LogP contribution in [0.4, 0.5) is 0 Å². The van der Waals surface area contributed by atoms with Crippen molar-refractivity contribution in [1.82, 2.24) is 10.0 Å². The van der Waals surface area contributed by atoms with E-state index in [1.54, 1.807) is 31.4 Å². The normalized spacial score (nSPS) is 11.2. The molecule has 0 aliphatic heterocycles. The van der Waals surface area contributed by atoms with E-state index in [1.165, 1.54) is 0 Å². The van der Waals surface area contributed by atoms with Crippen LogP contribution in [-0.4, -0.2) is 28.0 Å². The van der Waals surface area contributed by atoms with Gasteiger partial charge in [0.25, 0.3) is 0 Å². The fourth-order valence-corrected chi connectivity index (χ4v) is 4.22. The van der Waals surface area contributed by atoms with Gasteiger partial charge in [0, 0.05) is 19.5 Å². The molecule has 3 aromatic rings. The van der Waals surface area contributed by atoms with Crippen molar-refractivity contribution < 1.29 is 17.9 Å². The third-order valence-electron chi connectivity index (χ3n) is 5.07. The Bertz CT molecular complexity index is 1100. The van der Waals surface area contributed by atoms with Crippen LogP contribution in [0.5, 0.6) is 5.75 Å². The molecular weight excluding hydrogens is 424 g/mol. The number of ether oxygens (including phenoxy) is 1. The second-order valence-corrected chi connectivity index (χ2v) is 9.17. The molecule has 168 valence electrons. The summed E-state index contributed by atoms with van der Waals surface area (Å²) in [6.45, 7) is 0.789. The van der Waals surface area contributed by atoms with E-state index in [4.69, 9.17) is 4.74 Å². The lowest BCUT2D eigenvalue weighted by Crippen LogP contribution is -2.26. The molecule has 3 aromatic carbocycles. The molecule has 2 N–H and O–H groups in total. The van der Waals surface area contributed by atoms with Crippen LogP contribution in [-0.2, 0) is 34.2 Å². The summed E-state index contributed by atoms with van der Waals surface area (Å²) in [5.74, 6) is 0.719. The Kier molecular flexibility index (Phi) is 8.41. The summed E-state index contributed by atoms with van der Waals surface area (Å²) in [5.41, 5.74) is 2.98. The molecule has 7 heteroatoms. The van der Waals surface area contributed by atoms with Gasteiger partial charge in [-0.15, -0.1) is 0 Å². The average molecular weight is 453 g/mol. The molecule has 3 rings (SSSR count). The number of methoxy groups -OCH3 is 1. The predicted molar refractivity (Wildman–Crippen MR) is 125 cm³/mol. The van der Waals surface area contributed by atoms with Crippen molar-refractivity contribution in [1.29, 1.82) is 0 Å². The third-order valence-corrected chi connectivity index (χ3v) is 6.55. The number of hydrogen-bond acceptors (Lipinski definition) is 4. The highest BCUT2D eigenvalue weighted by Gasteiger charge is 2.13. The van der Waals surface area contributed by atoms with Crippen LogP contribution in [0.2, 0.25) is 0 Å². The van der Waals surface area contributed by atoms with Crippen LogP contribution >= 0.6 is 0 Å². The summed E-state index contributed by atoms with van der Waals surface area (Å²) in [7, 11) is -1.95. The van der Waals surface area contributed by atoms with Gasteiger partial charge in [-0.1, -0.05) is 54.6 Å². The van der Waals surface area contributed by atoms with Gasteiger partial charge in [-0.25, -0.2) is 13.1 Å². The van der Waals surface area contributed by atoms with Gasteiger partial charge in [0.2, 0.25) is 15.9 Å². The Hall–Kier alpha value is -3.16. The molecule has 32 heavy (non-hydrogen) atoms. The summed E-state index contributed by atoms with van der Waals surface area (Å²) in [5, 5.41) is 2.89. The minimum atomic E-state index is -3.56. The quantitative estimate of drug-likeness (QED) is 0.467. The zero-order chi connectivity index (χ0) is 22.8. The molecule has 0 aromatic heterocycles. The Labute approximate surface area is 189 Å². The van der Waals surface area contributed by atoms with Crippen LogP contribution in [0.1, 0.15) is 23.1 Å². The molecule has 1 amide bonds. The number of nitrogens with one attached hydrogen (secondary N) is 2. The summed E-state index contributed by atoms with van der Waals surface area (Å²) in [6, 6.07) is 23.9. The highest BCUT2D eigenvalue weighted by Crippen LogP contribution is 2.13. The fourth-order valence-electron chi connectivity index (χ4n) is 3.18. The molecule has 0 bridgehead atoms. The Balaban J connectivity index is 1.43. The molecule has 0 heterocycles. The Morgan fingerprint density at radius 1 is 0.812 bits per heavy atom. The van der Waals surface area contributed by atoms with E-state index in [9.17, 15) is 13.2 Å². The first-order chi connectivity index (χ1) is 15.5. The van der Waals surface area contributed by atoms with Crippen molar-refractivity contribution in [3.05, 3.63) is 95.6 Å². The number of amides is 1. The first kappa shape index (κ1) is 23.5. The SMILES string of the molecule is COc1ccc(CNC(=O)CCc2ccc(S(=O)(=O)NCCc3ccccc3)cc2)cc1. The van der Waals surface area contributed by atoms with E-state index in [0.717, 1.165) is 22.4 Å². The minimum absolute atomic E-state index is 0.0555. The van der Waals surface area contributed by atoms with Gasteiger partial charge >= 0.3 is 0 Å². The van der Waals surface area contributed by atoms with E-state index in [0.29, 0.717) is 32.4 Å². The number of carbonyl (C=O) groups excluding carboxylic acids is 1. The molecule has 0 aliphatic carbocycles. The summed E-state index contributed by atoms with van der Waals surface area (Å²) >= 11 is 0. The van der Waals surface area contributed by atoms with Crippen molar-refractivity contribution in [2.45, 2.75) is 30.7 Å². The Morgan fingerprint density at radius 2 is 1.44 bits per heavy atom. The lowest BCUT2D eigenvalue weighted by atomic mass is 10.1. The van der Waals surface area contributed by atoms with Crippen LogP contribution in [0.3, 0.4) is 0 Å². The maximum absolute atomic E-state index is 12.5. The van der Waals surface area contributed by atoms with E-state index < -0.39 is 10.0 Å². The van der Waals surface area contributed by atoms with E-state index in [-0.39, 0.29) is 10.8 Å². The molecule has 0 saturated carbocycles. The largest absolute Gasteiger partial charge is 0.497 e. The van der Waals surface area contributed by atoms with Gasteiger partial charge in [-0.05, 0) is 53.8 Å². The number of carbonyl (C=O) groups is 1. The lowest BCUT2D eigenvalue weighted by Gasteiger charge is -2.09. The highest BCUT2D eigenvalue weighted by atomic mass is 32.2. The topological polar surface area (TPSA) is 84.5 Å². The van der Waals surface area contributed by atoms with Crippen molar-refractivity contribution in [2.75, 3.05) is 13.7 Å². The lowest BCUT2D eigenvalue weighted by molar-refractivity contribution is -0.121. The van der Waals surface area contributed by atoms with Crippen LogP contribution < -0.4 is 14.8 Å². The molecule has 0 unspecified atom stereocenters. The number of rotatable bonds is 11. The maximum atomic E-state index is 12.5. The number of aryl methyl sites for hydroxylation is 1. The molecule has 0 aliphatic rings. The van der Waals surface area contributed by atoms with E-state index in [1.807, 2.05) is 54.6 Å².